The molecule has 17 heavy (non-hydrogen) atoms. The van der Waals surface area contributed by atoms with E-state index in [-0.39, 0.29) is 0 Å². The molecule has 0 saturated heterocycles. The lowest BCUT2D eigenvalue weighted by Gasteiger charge is -2.10. The number of nitrogens with one attached hydrogen (secondary N) is 2. The van der Waals surface area contributed by atoms with Gasteiger partial charge in [0.25, 0.3) is 0 Å². The molecule has 0 amide bonds. The van der Waals surface area contributed by atoms with E-state index in [2.05, 4.69) is 26.2 Å². The number of aromatic nitrogens is 1. The second kappa shape index (κ2) is 5.10. The van der Waals surface area contributed by atoms with Gasteiger partial charge in [0.1, 0.15) is 0 Å². The fourth-order valence-electron chi connectivity index (χ4n) is 1.59. The summed E-state index contributed by atoms with van der Waals surface area (Å²) in [6.07, 6.45) is 1.70. The summed E-state index contributed by atoms with van der Waals surface area (Å²) in [4.78, 5) is 4.19. The van der Waals surface area contributed by atoms with E-state index in [1.807, 2.05) is 43.4 Å². The highest BCUT2D eigenvalue weighted by Crippen LogP contribution is 2.22. The Hall–Kier alpha value is -1.68. The van der Waals surface area contributed by atoms with E-state index in [1.54, 1.807) is 6.20 Å². The smallest absolute Gasteiger partial charge is 0.0889 e. The molecule has 0 saturated carbocycles. The van der Waals surface area contributed by atoms with Crippen LogP contribution in [0.4, 0.5) is 5.69 Å². The maximum Gasteiger partial charge on any atom is 0.0889 e. The van der Waals surface area contributed by atoms with E-state index in [0.717, 1.165) is 15.7 Å². The van der Waals surface area contributed by atoms with Crippen molar-refractivity contribution in [1.82, 2.24) is 4.98 Å². The number of hydrogen-bond acceptors (Lipinski definition) is 3. The lowest BCUT2D eigenvalue weighted by atomic mass is 10.0. The molecule has 0 bridgehead atoms. The van der Waals surface area contributed by atoms with Gasteiger partial charge in [-0.25, -0.2) is 0 Å². The van der Waals surface area contributed by atoms with E-state index < -0.39 is 0 Å². The molecular weight excluding hydrogens is 278 g/mol. The molecule has 0 aliphatic carbocycles. The molecule has 1 aromatic heterocycles. The number of rotatable bonds is 3. The Kier molecular flexibility index (Phi) is 3.54. The molecule has 86 valence electrons. The molecule has 0 radical (unpaired) electrons. The average Bonchev–Trinajstić information content (AvgIpc) is 2.39. The molecule has 0 atom stereocenters. The quantitative estimate of drug-likeness (QED) is 0.852. The number of halogens is 1. The molecule has 0 aliphatic heterocycles. The van der Waals surface area contributed by atoms with Gasteiger partial charge in [-0.3, -0.25) is 10.4 Å². The Morgan fingerprint density at radius 1 is 1.29 bits per heavy atom. The van der Waals surface area contributed by atoms with Gasteiger partial charge in [-0.15, -0.1) is 0 Å². The van der Waals surface area contributed by atoms with Gasteiger partial charge in [-0.05, 0) is 30.3 Å². The summed E-state index contributed by atoms with van der Waals surface area (Å²) in [5.74, 6) is 0. The van der Waals surface area contributed by atoms with E-state index in [0.29, 0.717) is 11.4 Å². The molecule has 2 N–H and O–H groups in total. The molecular formula is C13H12BrN3. The van der Waals surface area contributed by atoms with Gasteiger partial charge in [-0.1, -0.05) is 22.0 Å². The molecule has 2 aromatic rings. The Labute approximate surface area is 109 Å². The van der Waals surface area contributed by atoms with Crippen LogP contribution in [0, 0.1) is 5.41 Å². The molecule has 0 fully saturated rings. The normalized spacial score (nSPS) is 10.0. The number of benzene rings is 1. The summed E-state index contributed by atoms with van der Waals surface area (Å²) in [5, 5.41) is 11.3. The fraction of sp³-hybridized carbons (Fsp3) is 0.0769. The van der Waals surface area contributed by atoms with Crippen molar-refractivity contribution in [1.29, 1.82) is 5.41 Å². The number of pyridine rings is 1. The third-order valence-corrected chi connectivity index (χ3v) is 2.93. The van der Waals surface area contributed by atoms with Crippen LogP contribution in [0.1, 0.15) is 11.3 Å². The topological polar surface area (TPSA) is 48.8 Å². The van der Waals surface area contributed by atoms with Gasteiger partial charge >= 0.3 is 0 Å². The van der Waals surface area contributed by atoms with Crippen molar-refractivity contribution in [3.63, 3.8) is 0 Å². The molecule has 0 spiro atoms. The Bertz CT molecular complexity index is 538. The van der Waals surface area contributed by atoms with Gasteiger partial charge in [0.2, 0.25) is 0 Å². The zero-order chi connectivity index (χ0) is 12.3. The third kappa shape index (κ3) is 2.53. The van der Waals surface area contributed by atoms with Crippen molar-refractivity contribution in [2.75, 3.05) is 12.4 Å². The monoisotopic (exact) mass is 289 g/mol. The van der Waals surface area contributed by atoms with Crippen molar-refractivity contribution in [2.45, 2.75) is 0 Å². The second-order valence-electron chi connectivity index (χ2n) is 3.53. The minimum atomic E-state index is 0.413. The summed E-state index contributed by atoms with van der Waals surface area (Å²) in [6.45, 7) is 0. The first-order chi connectivity index (χ1) is 8.22. The molecule has 0 aliphatic rings. The Balaban J connectivity index is 2.47. The standard InChI is InChI=1S/C13H12BrN3/c1-16-11-6-5-9(14)8-10(11)13(15)12-4-2-3-7-17-12/h2-8,15-16H,1H3. The Morgan fingerprint density at radius 2 is 2.12 bits per heavy atom. The minimum Gasteiger partial charge on any atom is -0.388 e. The van der Waals surface area contributed by atoms with Gasteiger partial charge < -0.3 is 5.32 Å². The van der Waals surface area contributed by atoms with E-state index in [9.17, 15) is 0 Å². The Morgan fingerprint density at radius 3 is 2.76 bits per heavy atom. The summed E-state index contributed by atoms with van der Waals surface area (Å²) in [7, 11) is 1.85. The third-order valence-electron chi connectivity index (χ3n) is 2.44. The molecule has 3 nitrogen and oxygen atoms in total. The van der Waals surface area contributed by atoms with Crippen LogP contribution in [0.5, 0.6) is 0 Å². The van der Waals surface area contributed by atoms with Gasteiger partial charge in [0, 0.05) is 29.0 Å². The SMILES string of the molecule is CNc1ccc(Br)cc1C(=N)c1ccccn1. The number of nitrogens with zero attached hydrogens (tertiary/aromatic N) is 1. The second-order valence-corrected chi connectivity index (χ2v) is 4.45. The maximum atomic E-state index is 8.19. The van der Waals surface area contributed by atoms with Crippen molar-refractivity contribution in [3.8, 4) is 0 Å². The molecule has 4 heteroatoms. The summed E-state index contributed by atoms with van der Waals surface area (Å²) >= 11 is 3.42. The van der Waals surface area contributed by atoms with Crippen molar-refractivity contribution in [3.05, 3.63) is 58.3 Å². The van der Waals surface area contributed by atoms with E-state index in [4.69, 9.17) is 5.41 Å². The first-order valence-corrected chi connectivity index (χ1v) is 5.99. The molecule has 0 unspecified atom stereocenters. The summed E-state index contributed by atoms with van der Waals surface area (Å²) in [5.41, 5.74) is 2.84. The number of hydrogen-bond donors (Lipinski definition) is 2. The fourth-order valence-corrected chi connectivity index (χ4v) is 1.95. The van der Waals surface area contributed by atoms with Gasteiger partial charge in [0.15, 0.2) is 0 Å². The summed E-state index contributed by atoms with van der Waals surface area (Å²) < 4.78 is 0.951. The lowest BCUT2D eigenvalue weighted by Crippen LogP contribution is -2.07. The highest BCUT2D eigenvalue weighted by molar-refractivity contribution is 9.10. The van der Waals surface area contributed by atoms with Crippen molar-refractivity contribution in [2.24, 2.45) is 0 Å². The van der Waals surface area contributed by atoms with E-state index >= 15 is 0 Å². The van der Waals surface area contributed by atoms with Crippen molar-refractivity contribution >= 4 is 27.3 Å². The van der Waals surface area contributed by atoms with Gasteiger partial charge in [0.05, 0.1) is 11.4 Å². The van der Waals surface area contributed by atoms with E-state index in [1.165, 1.54) is 0 Å². The summed E-state index contributed by atoms with van der Waals surface area (Å²) in [6, 6.07) is 11.4. The predicted octanol–water partition coefficient (Wildman–Crippen LogP) is 3.30. The lowest BCUT2D eigenvalue weighted by molar-refractivity contribution is 1.27. The average molecular weight is 290 g/mol. The highest BCUT2D eigenvalue weighted by Gasteiger charge is 2.10. The van der Waals surface area contributed by atoms with Gasteiger partial charge in [-0.2, -0.15) is 0 Å². The van der Waals surface area contributed by atoms with Crippen LogP contribution in [0.25, 0.3) is 0 Å². The van der Waals surface area contributed by atoms with Crippen LogP contribution in [-0.4, -0.2) is 17.7 Å². The van der Waals surface area contributed by atoms with Crippen LogP contribution in [0.3, 0.4) is 0 Å². The first kappa shape index (κ1) is 11.8. The largest absolute Gasteiger partial charge is 0.388 e. The van der Waals surface area contributed by atoms with Crippen molar-refractivity contribution < 1.29 is 0 Å². The number of anilines is 1. The zero-order valence-corrected chi connectivity index (χ0v) is 11.0. The highest BCUT2D eigenvalue weighted by atomic mass is 79.9. The molecule has 2 rings (SSSR count). The van der Waals surface area contributed by atoms with Crippen LogP contribution >= 0.6 is 15.9 Å². The van der Waals surface area contributed by atoms with Crippen LogP contribution in [0.2, 0.25) is 0 Å². The molecule has 1 heterocycles. The predicted molar refractivity (Wildman–Crippen MR) is 73.9 cm³/mol. The van der Waals surface area contributed by atoms with Crippen LogP contribution in [0.15, 0.2) is 47.1 Å². The van der Waals surface area contributed by atoms with Crippen LogP contribution in [-0.2, 0) is 0 Å². The first-order valence-electron chi connectivity index (χ1n) is 5.20. The minimum absolute atomic E-state index is 0.413. The zero-order valence-electron chi connectivity index (χ0n) is 9.37. The van der Waals surface area contributed by atoms with Crippen LogP contribution < -0.4 is 5.32 Å². The maximum absolute atomic E-state index is 8.19. The molecule has 1 aromatic carbocycles.